The van der Waals surface area contributed by atoms with Crippen LogP contribution < -0.4 is 9.80 Å². The van der Waals surface area contributed by atoms with Gasteiger partial charge in [0.25, 0.3) is 0 Å². The number of rotatable bonds is 9. The van der Waals surface area contributed by atoms with E-state index in [2.05, 4.69) is 252 Å². The number of hydrogen-bond donors (Lipinski definition) is 0. The largest absolute Gasteiger partial charge is 0.311 e. The molecule has 2 nitrogen and oxygen atoms in total. The molecule has 58 heavy (non-hydrogen) atoms. The van der Waals surface area contributed by atoms with Crippen LogP contribution >= 0.6 is 0 Å². The summed E-state index contributed by atoms with van der Waals surface area (Å²) < 4.78 is 0. The molecule has 274 valence electrons. The first-order valence-corrected chi connectivity index (χ1v) is 19.9. The van der Waals surface area contributed by atoms with Crippen LogP contribution in [-0.2, 0) is 0 Å². The summed E-state index contributed by atoms with van der Waals surface area (Å²) >= 11 is 0. The smallest absolute Gasteiger partial charge is 0.0540 e. The molecule has 0 fully saturated rings. The third-order valence-electron chi connectivity index (χ3n) is 11.1. The second kappa shape index (κ2) is 15.5. The van der Waals surface area contributed by atoms with Crippen LogP contribution in [0.4, 0.5) is 34.1 Å². The average Bonchev–Trinajstić information content (AvgIpc) is 3.30. The summed E-state index contributed by atoms with van der Waals surface area (Å²) in [5.41, 5.74) is 13.8. The van der Waals surface area contributed by atoms with E-state index >= 15 is 0 Å². The molecule has 2 heteroatoms. The van der Waals surface area contributed by atoms with Crippen molar-refractivity contribution in [3.63, 3.8) is 0 Å². The number of fused-ring (bicyclic) bond motifs is 2. The molecule has 0 atom stereocenters. The van der Waals surface area contributed by atoms with Gasteiger partial charge < -0.3 is 9.80 Å². The second-order valence-corrected chi connectivity index (χ2v) is 14.5. The van der Waals surface area contributed by atoms with Crippen LogP contribution in [0.1, 0.15) is 0 Å². The van der Waals surface area contributed by atoms with Gasteiger partial charge in [0.05, 0.1) is 11.4 Å². The highest BCUT2D eigenvalue weighted by atomic mass is 15.1. The Hall–Kier alpha value is -7.68. The highest BCUT2D eigenvalue weighted by Gasteiger charge is 2.22. The lowest BCUT2D eigenvalue weighted by molar-refractivity contribution is 1.28. The Morgan fingerprint density at radius 3 is 1.00 bits per heavy atom. The molecule has 0 aliphatic carbocycles. The van der Waals surface area contributed by atoms with E-state index in [0.717, 1.165) is 45.3 Å². The third-order valence-corrected chi connectivity index (χ3v) is 11.1. The summed E-state index contributed by atoms with van der Waals surface area (Å²) in [7, 11) is 0. The zero-order chi connectivity index (χ0) is 38.7. The number of anilines is 6. The summed E-state index contributed by atoms with van der Waals surface area (Å²) in [4.78, 5) is 4.74. The highest BCUT2D eigenvalue weighted by Crippen LogP contribution is 2.47. The van der Waals surface area contributed by atoms with Crippen LogP contribution in [0.25, 0.3) is 54.9 Å². The summed E-state index contributed by atoms with van der Waals surface area (Å²) in [5.74, 6) is 0. The minimum absolute atomic E-state index is 1.08. The molecule has 0 bridgehead atoms. The van der Waals surface area contributed by atoms with Gasteiger partial charge in [-0.05, 0) is 104 Å². The van der Waals surface area contributed by atoms with E-state index in [-0.39, 0.29) is 0 Å². The monoisotopic (exact) mass is 740 g/mol. The third kappa shape index (κ3) is 6.57. The quantitative estimate of drug-likeness (QED) is 0.145. The molecule has 10 aromatic rings. The molecule has 0 aliphatic rings. The molecule has 0 N–H and O–H groups in total. The molecule has 0 amide bonds. The fourth-order valence-electron chi connectivity index (χ4n) is 8.33. The van der Waals surface area contributed by atoms with E-state index in [9.17, 15) is 0 Å². The van der Waals surface area contributed by atoms with Gasteiger partial charge in [0.1, 0.15) is 0 Å². The molecular formula is C56H40N2. The van der Waals surface area contributed by atoms with Gasteiger partial charge in [-0.25, -0.2) is 0 Å². The van der Waals surface area contributed by atoms with Crippen molar-refractivity contribution in [3.05, 3.63) is 243 Å². The Kier molecular flexibility index (Phi) is 9.27. The molecule has 0 spiro atoms. The van der Waals surface area contributed by atoms with Crippen LogP contribution in [0.3, 0.4) is 0 Å². The van der Waals surface area contributed by atoms with Crippen molar-refractivity contribution in [2.75, 3.05) is 9.80 Å². The standard InChI is InChI=1S/C56H40N2/c1-3-21-45(22-4-1)57(46-23-5-2-6-24-46)47-37-33-41(34-38-47)42-35-39-48(40-36-42)58(55-31-13-11-27-53(55)51-29-15-19-43-17-7-9-25-49(43)51)56-32-14-12-28-54(56)52-30-16-20-44-18-8-10-26-50(44)52/h1-40H. The lowest BCUT2D eigenvalue weighted by Crippen LogP contribution is -2.12. The minimum atomic E-state index is 1.08. The van der Waals surface area contributed by atoms with Crippen LogP contribution in [0.2, 0.25) is 0 Å². The van der Waals surface area contributed by atoms with Crippen molar-refractivity contribution in [2.45, 2.75) is 0 Å². The van der Waals surface area contributed by atoms with E-state index in [1.54, 1.807) is 0 Å². The first-order chi connectivity index (χ1) is 28.8. The van der Waals surface area contributed by atoms with Crippen molar-refractivity contribution in [1.29, 1.82) is 0 Å². The Balaban J connectivity index is 1.10. The number of hydrogen-bond acceptors (Lipinski definition) is 2. The van der Waals surface area contributed by atoms with Gasteiger partial charge in [-0.1, -0.05) is 182 Å². The first kappa shape index (κ1) is 34.8. The summed E-state index contributed by atoms with van der Waals surface area (Å²) in [6.45, 7) is 0. The van der Waals surface area contributed by atoms with E-state index < -0.39 is 0 Å². The van der Waals surface area contributed by atoms with Crippen LogP contribution in [0.5, 0.6) is 0 Å². The van der Waals surface area contributed by atoms with Gasteiger partial charge in [-0.15, -0.1) is 0 Å². The van der Waals surface area contributed by atoms with Crippen molar-refractivity contribution in [1.82, 2.24) is 0 Å². The Morgan fingerprint density at radius 2 is 0.534 bits per heavy atom. The first-order valence-electron chi connectivity index (χ1n) is 19.9. The van der Waals surface area contributed by atoms with E-state index in [1.165, 1.54) is 43.8 Å². The highest BCUT2D eigenvalue weighted by molar-refractivity contribution is 6.05. The zero-order valence-corrected chi connectivity index (χ0v) is 32.0. The molecule has 0 heterocycles. The van der Waals surface area contributed by atoms with E-state index in [0.29, 0.717) is 0 Å². The number of benzene rings is 10. The molecular weight excluding hydrogens is 701 g/mol. The molecule has 0 aromatic heterocycles. The zero-order valence-electron chi connectivity index (χ0n) is 32.0. The van der Waals surface area contributed by atoms with Crippen molar-refractivity contribution in [3.8, 4) is 33.4 Å². The molecule has 0 unspecified atom stereocenters. The van der Waals surface area contributed by atoms with E-state index in [4.69, 9.17) is 0 Å². The Morgan fingerprint density at radius 1 is 0.207 bits per heavy atom. The lowest BCUT2D eigenvalue weighted by Gasteiger charge is -2.30. The van der Waals surface area contributed by atoms with Gasteiger partial charge in [0, 0.05) is 33.9 Å². The van der Waals surface area contributed by atoms with Crippen molar-refractivity contribution < 1.29 is 0 Å². The second-order valence-electron chi connectivity index (χ2n) is 14.5. The molecule has 0 saturated carbocycles. The van der Waals surface area contributed by atoms with Crippen molar-refractivity contribution >= 4 is 55.7 Å². The maximum atomic E-state index is 2.44. The number of nitrogens with zero attached hydrogens (tertiary/aromatic N) is 2. The van der Waals surface area contributed by atoms with Gasteiger partial charge in [0.2, 0.25) is 0 Å². The molecule has 10 aromatic carbocycles. The van der Waals surface area contributed by atoms with Gasteiger partial charge in [-0.3, -0.25) is 0 Å². The predicted octanol–water partition coefficient (Wildman–Crippen LogP) is 15.9. The number of para-hydroxylation sites is 4. The molecule has 0 saturated heterocycles. The van der Waals surface area contributed by atoms with Crippen molar-refractivity contribution in [2.24, 2.45) is 0 Å². The topological polar surface area (TPSA) is 6.48 Å². The Bertz CT molecular complexity index is 2820. The summed E-state index contributed by atoms with van der Waals surface area (Å²) in [5, 5.41) is 4.92. The minimum Gasteiger partial charge on any atom is -0.311 e. The normalized spacial score (nSPS) is 11.1. The summed E-state index contributed by atoms with van der Waals surface area (Å²) in [6.07, 6.45) is 0. The fraction of sp³-hybridized carbons (Fsp3) is 0. The summed E-state index contributed by atoms with van der Waals surface area (Å²) in [6, 6.07) is 87.3. The Labute approximate surface area is 340 Å². The predicted molar refractivity (Wildman–Crippen MR) is 247 cm³/mol. The maximum absolute atomic E-state index is 2.44. The molecule has 0 radical (unpaired) electrons. The maximum Gasteiger partial charge on any atom is 0.0540 e. The van der Waals surface area contributed by atoms with Gasteiger partial charge >= 0.3 is 0 Å². The molecule has 10 rings (SSSR count). The lowest BCUT2D eigenvalue weighted by atomic mass is 9.94. The van der Waals surface area contributed by atoms with Crippen LogP contribution in [-0.4, -0.2) is 0 Å². The van der Waals surface area contributed by atoms with Crippen LogP contribution in [0, 0.1) is 0 Å². The average molecular weight is 741 g/mol. The van der Waals surface area contributed by atoms with Crippen LogP contribution in [0.15, 0.2) is 243 Å². The molecule has 0 aliphatic heterocycles. The van der Waals surface area contributed by atoms with Gasteiger partial charge in [0.15, 0.2) is 0 Å². The SMILES string of the molecule is c1ccc(N(c2ccccc2)c2ccc(-c3ccc(N(c4ccccc4-c4cccc5ccccc45)c4ccccc4-c4cccc5ccccc45)cc3)cc2)cc1. The van der Waals surface area contributed by atoms with Gasteiger partial charge in [-0.2, -0.15) is 0 Å². The van der Waals surface area contributed by atoms with E-state index in [1.807, 2.05) is 0 Å². The fourth-order valence-corrected chi connectivity index (χ4v) is 8.33.